The number of hydrogen-bond acceptors (Lipinski definition) is 6. The molecule has 0 radical (unpaired) electrons. The summed E-state index contributed by atoms with van der Waals surface area (Å²) < 4.78 is 38.5. The molecule has 4 N–H and O–H groups in total. The van der Waals surface area contributed by atoms with Crippen molar-refractivity contribution in [2.45, 2.75) is 11.4 Å². The zero-order valence-electron chi connectivity index (χ0n) is 16.7. The zero-order chi connectivity index (χ0) is 22.7. The fraction of sp³-hybridized carbons (Fsp3) is 0.0909. The van der Waals surface area contributed by atoms with E-state index in [1.165, 1.54) is 36.4 Å². The van der Waals surface area contributed by atoms with Crippen molar-refractivity contribution in [3.05, 3.63) is 83.4 Å². The molecule has 3 aromatic carbocycles. The van der Waals surface area contributed by atoms with E-state index >= 15 is 0 Å². The van der Waals surface area contributed by atoms with Gasteiger partial charge in [-0.2, -0.15) is 0 Å². The minimum atomic E-state index is -3.88. The number of sulfonamides is 1. The molecule has 1 heterocycles. The SMILES string of the molecule is NC(=O)c1cccc(NC(=O)c2cccc(S(=O)(=O)NCc3ccc4c(c3)OCO4)c2)c1. The Bertz CT molecular complexity index is 1310. The molecule has 0 atom stereocenters. The quantitative estimate of drug-likeness (QED) is 0.502. The molecule has 10 heteroatoms. The number of carbonyl (C=O) groups is 2. The highest BCUT2D eigenvalue weighted by Gasteiger charge is 2.18. The van der Waals surface area contributed by atoms with Crippen molar-refractivity contribution in [1.29, 1.82) is 0 Å². The highest BCUT2D eigenvalue weighted by atomic mass is 32.2. The lowest BCUT2D eigenvalue weighted by Crippen LogP contribution is -2.23. The molecule has 1 aliphatic heterocycles. The number of anilines is 1. The maximum atomic E-state index is 12.7. The number of nitrogens with two attached hydrogens (primary N) is 1. The lowest BCUT2D eigenvalue weighted by atomic mass is 10.1. The van der Waals surface area contributed by atoms with E-state index in [0.717, 1.165) is 0 Å². The monoisotopic (exact) mass is 453 g/mol. The van der Waals surface area contributed by atoms with E-state index in [-0.39, 0.29) is 29.4 Å². The highest BCUT2D eigenvalue weighted by molar-refractivity contribution is 7.89. The van der Waals surface area contributed by atoms with Crippen LogP contribution in [0.5, 0.6) is 11.5 Å². The molecule has 0 aromatic heterocycles. The Morgan fingerprint density at radius 2 is 1.66 bits per heavy atom. The van der Waals surface area contributed by atoms with Gasteiger partial charge in [-0.05, 0) is 54.1 Å². The van der Waals surface area contributed by atoms with Crippen LogP contribution in [-0.4, -0.2) is 27.0 Å². The molecule has 1 aliphatic rings. The number of ether oxygens (including phenoxy) is 2. The third-order valence-corrected chi connectivity index (χ3v) is 6.11. The van der Waals surface area contributed by atoms with Crippen molar-refractivity contribution in [2.24, 2.45) is 5.73 Å². The molecule has 164 valence electrons. The first kappa shape index (κ1) is 21.3. The van der Waals surface area contributed by atoms with Crippen molar-refractivity contribution in [2.75, 3.05) is 12.1 Å². The van der Waals surface area contributed by atoms with Gasteiger partial charge in [-0.15, -0.1) is 0 Å². The number of benzene rings is 3. The Morgan fingerprint density at radius 3 is 2.47 bits per heavy atom. The summed E-state index contributed by atoms with van der Waals surface area (Å²) >= 11 is 0. The van der Waals surface area contributed by atoms with E-state index in [1.54, 1.807) is 30.3 Å². The fourth-order valence-electron chi connectivity index (χ4n) is 3.07. The predicted octanol–water partition coefficient (Wildman–Crippen LogP) is 2.25. The van der Waals surface area contributed by atoms with E-state index in [9.17, 15) is 18.0 Å². The maximum absolute atomic E-state index is 12.7. The molecule has 0 bridgehead atoms. The van der Waals surface area contributed by atoms with Crippen molar-refractivity contribution < 1.29 is 27.5 Å². The van der Waals surface area contributed by atoms with E-state index in [0.29, 0.717) is 22.7 Å². The maximum Gasteiger partial charge on any atom is 0.255 e. The summed E-state index contributed by atoms with van der Waals surface area (Å²) in [6.45, 7) is 0.168. The molecule has 0 saturated heterocycles. The van der Waals surface area contributed by atoms with Gasteiger partial charge >= 0.3 is 0 Å². The second-order valence-electron chi connectivity index (χ2n) is 6.94. The van der Waals surface area contributed by atoms with Crippen LogP contribution in [0.25, 0.3) is 0 Å². The average molecular weight is 453 g/mol. The first-order valence-corrected chi connectivity index (χ1v) is 11.0. The van der Waals surface area contributed by atoms with Crippen LogP contribution >= 0.6 is 0 Å². The second kappa shape index (κ2) is 8.69. The van der Waals surface area contributed by atoms with Gasteiger partial charge in [0.2, 0.25) is 22.7 Å². The summed E-state index contributed by atoms with van der Waals surface area (Å²) in [6, 6.07) is 16.9. The van der Waals surface area contributed by atoms with Crippen LogP contribution in [0.3, 0.4) is 0 Å². The van der Waals surface area contributed by atoms with Gasteiger partial charge in [-0.25, -0.2) is 13.1 Å². The molecule has 9 nitrogen and oxygen atoms in total. The van der Waals surface area contributed by atoms with Crippen molar-refractivity contribution in [3.8, 4) is 11.5 Å². The number of primary amides is 1. The largest absolute Gasteiger partial charge is 0.454 e. The summed E-state index contributed by atoms with van der Waals surface area (Å²) in [6.07, 6.45) is 0. The molecule has 0 saturated carbocycles. The van der Waals surface area contributed by atoms with Crippen LogP contribution < -0.4 is 25.2 Å². The van der Waals surface area contributed by atoms with Crippen LogP contribution in [0.4, 0.5) is 5.69 Å². The molecule has 3 aromatic rings. The summed E-state index contributed by atoms with van der Waals surface area (Å²) in [4.78, 5) is 23.8. The van der Waals surface area contributed by atoms with Crippen molar-refractivity contribution in [1.82, 2.24) is 4.72 Å². The Labute approximate surface area is 184 Å². The standard InChI is InChI=1S/C22H19N3O6S/c23-21(26)15-3-1-5-17(10-15)25-22(27)16-4-2-6-18(11-16)32(28,29)24-12-14-7-8-19-20(9-14)31-13-30-19/h1-11,24H,12-13H2,(H2,23,26)(H,25,27). The number of carbonyl (C=O) groups excluding carboxylic acids is 2. The molecule has 2 amide bonds. The normalized spacial score (nSPS) is 12.4. The molecular formula is C22H19N3O6S. The van der Waals surface area contributed by atoms with Gasteiger partial charge in [0.15, 0.2) is 11.5 Å². The van der Waals surface area contributed by atoms with Gasteiger partial charge in [-0.3, -0.25) is 9.59 Å². The molecule has 0 aliphatic carbocycles. The highest BCUT2D eigenvalue weighted by Crippen LogP contribution is 2.32. The Morgan fingerprint density at radius 1 is 0.906 bits per heavy atom. The van der Waals surface area contributed by atoms with Gasteiger partial charge in [0, 0.05) is 23.4 Å². The van der Waals surface area contributed by atoms with E-state index in [1.807, 2.05) is 0 Å². The minimum absolute atomic E-state index is 0.0370. The fourth-order valence-corrected chi connectivity index (χ4v) is 4.13. The molecule has 0 spiro atoms. The van der Waals surface area contributed by atoms with Crippen molar-refractivity contribution in [3.63, 3.8) is 0 Å². The number of amides is 2. The Hall–Kier alpha value is -3.89. The average Bonchev–Trinajstić information content (AvgIpc) is 3.26. The van der Waals surface area contributed by atoms with Crippen LogP contribution in [0.15, 0.2) is 71.6 Å². The topological polar surface area (TPSA) is 137 Å². The van der Waals surface area contributed by atoms with Crippen molar-refractivity contribution >= 4 is 27.5 Å². The third-order valence-electron chi connectivity index (χ3n) is 4.71. The van der Waals surface area contributed by atoms with E-state index in [4.69, 9.17) is 15.2 Å². The Balaban J connectivity index is 1.47. The van der Waals surface area contributed by atoms with Gasteiger partial charge in [0.25, 0.3) is 5.91 Å². The molecule has 32 heavy (non-hydrogen) atoms. The van der Waals surface area contributed by atoms with Gasteiger partial charge in [-0.1, -0.05) is 18.2 Å². The van der Waals surface area contributed by atoms with Gasteiger partial charge in [0.05, 0.1) is 4.90 Å². The number of nitrogens with one attached hydrogen (secondary N) is 2. The third kappa shape index (κ3) is 4.71. The van der Waals surface area contributed by atoms with E-state index < -0.39 is 21.8 Å². The Kier molecular flexibility index (Phi) is 5.80. The lowest BCUT2D eigenvalue weighted by molar-refractivity contribution is 0.0996. The van der Waals surface area contributed by atoms with Gasteiger partial charge < -0.3 is 20.5 Å². The second-order valence-corrected chi connectivity index (χ2v) is 8.71. The number of rotatable bonds is 7. The predicted molar refractivity (Wildman–Crippen MR) is 116 cm³/mol. The smallest absolute Gasteiger partial charge is 0.255 e. The summed E-state index contributed by atoms with van der Waals surface area (Å²) in [7, 11) is -3.88. The molecular weight excluding hydrogens is 434 g/mol. The van der Waals surface area contributed by atoms with Crippen LogP contribution in [0.2, 0.25) is 0 Å². The van der Waals surface area contributed by atoms with E-state index in [2.05, 4.69) is 10.0 Å². The molecule has 0 unspecified atom stereocenters. The number of hydrogen-bond donors (Lipinski definition) is 3. The van der Waals surface area contributed by atoms with Crippen LogP contribution in [-0.2, 0) is 16.6 Å². The first-order valence-electron chi connectivity index (χ1n) is 9.51. The van der Waals surface area contributed by atoms with Crippen LogP contribution in [0.1, 0.15) is 26.3 Å². The van der Waals surface area contributed by atoms with Gasteiger partial charge in [0.1, 0.15) is 0 Å². The lowest BCUT2D eigenvalue weighted by Gasteiger charge is -2.10. The first-order chi connectivity index (χ1) is 15.3. The summed E-state index contributed by atoms with van der Waals surface area (Å²) in [5.41, 5.74) is 6.69. The zero-order valence-corrected chi connectivity index (χ0v) is 17.5. The molecule has 0 fully saturated rings. The summed E-state index contributed by atoms with van der Waals surface area (Å²) in [5, 5.41) is 2.63. The van der Waals surface area contributed by atoms with Crippen LogP contribution in [0, 0.1) is 0 Å². The summed E-state index contributed by atoms with van der Waals surface area (Å²) in [5.74, 6) is 0.0135. The number of fused-ring (bicyclic) bond motifs is 1. The molecule has 4 rings (SSSR count). The minimum Gasteiger partial charge on any atom is -0.454 e.